The highest BCUT2D eigenvalue weighted by atomic mass is 16.5. The van der Waals surface area contributed by atoms with Crippen LogP contribution in [0.15, 0.2) is 71.5 Å². The summed E-state index contributed by atoms with van der Waals surface area (Å²) in [4.78, 5) is 43.0. The van der Waals surface area contributed by atoms with E-state index < -0.39 is 11.9 Å². The summed E-state index contributed by atoms with van der Waals surface area (Å²) in [6.45, 7) is 6.28. The Morgan fingerprint density at radius 1 is 0.973 bits per heavy atom. The maximum atomic E-state index is 13.6. The second-order valence-electron chi connectivity index (χ2n) is 8.74. The number of fused-ring (bicyclic) bond motifs is 3. The fourth-order valence-electron chi connectivity index (χ4n) is 4.21. The number of anilines is 1. The van der Waals surface area contributed by atoms with E-state index in [1.54, 1.807) is 29.7 Å². The number of aromatic nitrogens is 4. The predicted octanol–water partition coefficient (Wildman–Crippen LogP) is 4.14. The highest BCUT2D eigenvalue weighted by Crippen LogP contribution is 2.19. The molecule has 9 nitrogen and oxygen atoms in total. The first-order chi connectivity index (χ1) is 17.9. The van der Waals surface area contributed by atoms with Crippen LogP contribution >= 0.6 is 0 Å². The molecule has 0 aliphatic heterocycles. The summed E-state index contributed by atoms with van der Waals surface area (Å²) in [5, 5.41) is 7.07. The van der Waals surface area contributed by atoms with E-state index >= 15 is 0 Å². The topological polar surface area (TPSA) is 108 Å². The Hall–Kier alpha value is -4.79. The predicted molar refractivity (Wildman–Crippen MR) is 140 cm³/mol. The van der Waals surface area contributed by atoms with Crippen LogP contribution in [0.4, 0.5) is 5.69 Å². The molecular weight excluding hydrogens is 470 g/mol. The molecule has 0 aliphatic rings. The van der Waals surface area contributed by atoms with Crippen LogP contribution in [0.25, 0.3) is 16.7 Å². The number of hydrogen-bond acceptors (Lipinski definition) is 6. The number of nitrogens with zero attached hydrogens (tertiary/aromatic N) is 4. The van der Waals surface area contributed by atoms with Gasteiger partial charge in [0.05, 0.1) is 29.7 Å². The number of amides is 1. The minimum Gasteiger partial charge on any atom is -0.462 e. The van der Waals surface area contributed by atoms with E-state index in [-0.39, 0.29) is 23.6 Å². The van der Waals surface area contributed by atoms with E-state index in [9.17, 15) is 14.4 Å². The van der Waals surface area contributed by atoms with Gasteiger partial charge in [-0.1, -0.05) is 36.4 Å². The molecule has 0 radical (unpaired) electrons. The highest BCUT2D eigenvalue weighted by molar-refractivity contribution is 6.02. The van der Waals surface area contributed by atoms with Gasteiger partial charge in [-0.3, -0.25) is 14.2 Å². The van der Waals surface area contributed by atoms with Gasteiger partial charge in [-0.05, 0) is 67.8 Å². The summed E-state index contributed by atoms with van der Waals surface area (Å²) in [5.41, 5.74) is 4.81. The van der Waals surface area contributed by atoms with E-state index in [1.807, 2.05) is 56.3 Å². The third-order valence-corrected chi connectivity index (χ3v) is 6.12. The Bertz CT molecular complexity index is 1730. The third kappa shape index (κ3) is 4.58. The van der Waals surface area contributed by atoms with E-state index in [0.717, 1.165) is 16.7 Å². The quantitative estimate of drug-likeness (QED) is 0.355. The maximum Gasteiger partial charge on any atom is 0.338 e. The van der Waals surface area contributed by atoms with E-state index in [4.69, 9.17) is 4.74 Å². The number of ether oxygens (including phenoxy) is 1. The van der Waals surface area contributed by atoms with Crippen LogP contribution in [-0.4, -0.2) is 37.6 Å². The number of carbonyl (C=O) groups is 2. The lowest BCUT2D eigenvalue weighted by Gasteiger charge is -2.13. The molecule has 2 heterocycles. The molecule has 0 bridgehead atoms. The van der Waals surface area contributed by atoms with Crippen LogP contribution in [0.1, 0.15) is 44.6 Å². The molecule has 0 saturated carbocycles. The van der Waals surface area contributed by atoms with Crippen molar-refractivity contribution in [3.8, 4) is 0 Å². The standard InChI is InChI=1S/C28H25N5O4/c1-4-37-28(36)19-10-7-11-21(15-19)29-26(34)24-30-25-27(35)32(16-20-9-6-5-8-18(20)3)23-14-17(2)12-13-22(23)33(25)31-24/h5-15H,4,16H2,1-3H3,(H,29,34). The second kappa shape index (κ2) is 9.69. The first-order valence-electron chi connectivity index (χ1n) is 11.9. The zero-order valence-corrected chi connectivity index (χ0v) is 20.7. The van der Waals surface area contributed by atoms with Crippen LogP contribution in [0.3, 0.4) is 0 Å². The first kappa shape index (κ1) is 23.9. The molecule has 2 aromatic heterocycles. The van der Waals surface area contributed by atoms with Gasteiger partial charge in [0, 0.05) is 5.69 Å². The first-order valence-corrected chi connectivity index (χ1v) is 11.9. The number of aryl methyl sites for hydroxylation is 2. The highest BCUT2D eigenvalue weighted by Gasteiger charge is 2.20. The van der Waals surface area contributed by atoms with Gasteiger partial charge in [0.1, 0.15) is 0 Å². The normalized spacial score (nSPS) is 11.1. The fraction of sp³-hybridized carbons (Fsp3) is 0.179. The number of carbonyl (C=O) groups excluding carboxylic acids is 2. The van der Waals surface area contributed by atoms with Crippen molar-refractivity contribution in [1.29, 1.82) is 0 Å². The molecule has 3 aromatic carbocycles. The number of hydrogen-bond donors (Lipinski definition) is 1. The zero-order chi connectivity index (χ0) is 26.1. The maximum absolute atomic E-state index is 13.6. The van der Waals surface area contributed by atoms with Crippen LogP contribution in [0, 0.1) is 13.8 Å². The minimum absolute atomic E-state index is 0.0513. The van der Waals surface area contributed by atoms with Crippen molar-refractivity contribution in [2.45, 2.75) is 27.3 Å². The molecule has 0 fully saturated rings. The summed E-state index contributed by atoms with van der Waals surface area (Å²) in [7, 11) is 0. The van der Waals surface area contributed by atoms with Gasteiger partial charge in [0.2, 0.25) is 11.5 Å². The summed E-state index contributed by atoms with van der Waals surface area (Å²) >= 11 is 0. The molecule has 37 heavy (non-hydrogen) atoms. The van der Waals surface area contributed by atoms with Gasteiger partial charge in [-0.15, -0.1) is 5.10 Å². The van der Waals surface area contributed by atoms with Gasteiger partial charge in [-0.2, -0.15) is 4.98 Å². The Morgan fingerprint density at radius 3 is 2.57 bits per heavy atom. The monoisotopic (exact) mass is 495 g/mol. The Labute approximate surface area is 212 Å². The smallest absolute Gasteiger partial charge is 0.338 e. The van der Waals surface area contributed by atoms with Gasteiger partial charge >= 0.3 is 5.97 Å². The van der Waals surface area contributed by atoms with Crippen molar-refractivity contribution in [3.05, 3.63) is 105 Å². The Kier molecular flexibility index (Phi) is 6.27. The Balaban J connectivity index is 1.57. The van der Waals surface area contributed by atoms with E-state index in [2.05, 4.69) is 15.4 Å². The van der Waals surface area contributed by atoms with Crippen molar-refractivity contribution in [1.82, 2.24) is 19.2 Å². The van der Waals surface area contributed by atoms with Crippen molar-refractivity contribution < 1.29 is 14.3 Å². The molecule has 5 aromatic rings. The number of rotatable bonds is 6. The third-order valence-electron chi connectivity index (χ3n) is 6.12. The second-order valence-corrected chi connectivity index (χ2v) is 8.74. The zero-order valence-electron chi connectivity index (χ0n) is 20.7. The number of esters is 1. The SMILES string of the molecule is CCOC(=O)c1cccc(NC(=O)c2nc3c(=O)n(Cc4ccccc4C)c4cc(C)ccc4n3n2)c1. The molecule has 1 amide bonds. The van der Waals surface area contributed by atoms with Crippen LogP contribution in [0.5, 0.6) is 0 Å². The van der Waals surface area contributed by atoms with Crippen LogP contribution in [0.2, 0.25) is 0 Å². The molecule has 0 atom stereocenters. The van der Waals surface area contributed by atoms with Crippen molar-refractivity contribution >= 4 is 34.2 Å². The van der Waals surface area contributed by atoms with Crippen LogP contribution < -0.4 is 10.9 Å². The molecule has 0 saturated heterocycles. The molecule has 0 unspecified atom stereocenters. The van der Waals surface area contributed by atoms with Crippen molar-refractivity contribution in [3.63, 3.8) is 0 Å². The lowest BCUT2D eigenvalue weighted by molar-refractivity contribution is 0.0526. The summed E-state index contributed by atoms with van der Waals surface area (Å²) in [6, 6.07) is 20.0. The van der Waals surface area contributed by atoms with Gasteiger partial charge in [0.25, 0.3) is 11.5 Å². The van der Waals surface area contributed by atoms with Gasteiger partial charge in [0.15, 0.2) is 0 Å². The lowest BCUT2D eigenvalue weighted by Crippen LogP contribution is -2.24. The number of benzene rings is 3. The average Bonchev–Trinajstić information content (AvgIpc) is 3.34. The van der Waals surface area contributed by atoms with Crippen LogP contribution in [-0.2, 0) is 11.3 Å². The molecule has 1 N–H and O–H groups in total. The summed E-state index contributed by atoms with van der Waals surface area (Å²) in [6.07, 6.45) is 0. The Morgan fingerprint density at radius 2 is 1.78 bits per heavy atom. The molecule has 0 spiro atoms. The molecule has 186 valence electrons. The molecular formula is C28H25N5O4. The average molecular weight is 496 g/mol. The largest absolute Gasteiger partial charge is 0.462 e. The summed E-state index contributed by atoms with van der Waals surface area (Å²) < 4.78 is 8.10. The fourth-order valence-corrected chi connectivity index (χ4v) is 4.21. The van der Waals surface area contributed by atoms with Gasteiger partial charge < -0.3 is 10.1 Å². The minimum atomic E-state index is -0.602. The van der Waals surface area contributed by atoms with Crippen molar-refractivity contribution in [2.24, 2.45) is 0 Å². The molecule has 0 aliphatic carbocycles. The van der Waals surface area contributed by atoms with Gasteiger partial charge in [-0.25, -0.2) is 9.31 Å². The molecule has 5 rings (SSSR count). The van der Waals surface area contributed by atoms with Crippen molar-refractivity contribution in [2.75, 3.05) is 11.9 Å². The molecule has 9 heteroatoms. The number of nitrogens with one attached hydrogen (secondary N) is 1. The lowest BCUT2D eigenvalue weighted by atomic mass is 10.1. The van der Waals surface area contributed by atoms with E-state index in [0.29, 0.717) is 28.8 Å². The van der Waals surface area contributed by atoms with E-state index in [1.165, 1.54) is 10.6 Å². The summed E-state index contributed by atoms with van der Waals surface area (Å²) in [5.74, 6) is -1.25.